The summed E-state index contributed by atoms with van der Waals surface area (Å²) in [5.41, 5.74) is 4.11. The highest BCUT2D eigenvalue weighted by atomic mass is 28.3. The number of piperidine rings is 1. The van der Waals surface area contributed by atoms with E-state index in [1.165, 1.54) is 6.42 Å². The van der Waals surface area contributed by atoms with E-state index < -0.39 is 8.07 Å². The number of aromatic nitrogens is 4. The maximum atomic E-state index is 13.0. The number of carbonyl (C=O) groups is 1. The van der Waals surface area contributed by atoms with Gasteiger partial charge in [-0.05, 0) is 51.3 Å². The third-order valence-corrected chi connectivity index (χ3v) is 7.61. The van der Waals surface area contributed by atoms with Gasteiger partial charge < -0.3 is 9.74 Å². The van der Waals surface area contributed by atoms with Gasteiger partial charge in [-0.25, -0.2) is 9.67 Å². The van der Waals surface area contributed by atoms with Crippen LogP contribution in [0.2, 0.25) is 25.7 Å². The molecule has 1 aliphatic rings. The second-order valence-electron chi connectivity index (χ2n) is 9.72. The molecule has 4 heterocycles. The summed E-state index contributed by atoms with van der Waals surface area (Å²) in [4.78, 5) is 25.7. The third-order valence-electron chi connectivity index (χ3n) is 5.90. The number of pyridine rings is 1. The minimum atomic E-state index is -1.18. The Morgan fingerprint density at radius 3 is 2.61 bits per heavy atom. The molecule has 7 nitrogen and oxygen atoms in total. The van der Waals surface area contributed by atoms with Crippen molar-refractivity contribution in [1.82, 2.24) is 24.4 Å². The minimum Gasteiger partial charge on any atom is -0.412 e. The second-order valence-corrected chi connectivity index (χ2v) is 15.3. The maximum Gasteiger partial charge on any atom is 0.257 e. The van der Waals surface area contributed by atoms with Crippen LogP contribution in [0.15, 0.2) is 24.5 Å². The molecule has 1 saturated heterocycles. The van der Waals surface area contributed by atoms with E-state index in [4.69, 9.17) is 4.84 Å². The van der Waals surface area contributed by atoms with Crippen molar-refractivity contribution in [2.45, 2.75) is 58.8 Å². The number of amides is 1. The number of aryl methyl sites for hydroxylation is 2. The average molecular weight is 440 g/mol. The van der Waals surface area contributed by atoms with Crippen molar-refractivity contribution >= 4 is 25.0 Å². The molecule has 166 valence electrons. The highest BCUT2D eigenvalue weighted by molar-refractivity contribution is 6.76. The summed E-state index contributed by atoms with van der Waals surface area (Å²) >= 11 is 0. The Morgan fingerprint density at radius 2 is 1.90 bits per heavy atom. The minimum absolute atomic E-state index is 0.0807. The molecule has 0 bridgehead atoms. The zero-order valence-electron chi connectivity index (χ0n) is 19.3. The van der Waals surface area contributed by atoms with Crippen LogP contribution in [0, 0.1) is 13.8 Å². The van der Waals surface area contributed by atoms with Gasteiger partial charge in [0, 0.05) is 38.9 Å². The largest absolute Gasteiger partial charge is 0.412 e. The zero-order chi connectivity index (χ0) is 22.2. The molecule has 0 unspecified atom stereocenters. The normalized spacial score (nSPS) is 14.9. The number of carbonyl (C=O) groups excluding carboxylic acids is 1. The van der Waals surface area contributed by atoms with Crippen LogP contribution in [0.1, 0.15) is 41.0 Å². The first kappa shape index (κ1) is 21.6. The van der Waals surface area contributed by atoms with Crippen molar-refractivity contribution in [2.75, 3.05) is 19.7 Å². The predicted octanol–water partition coefficient (Wildman–Crippen LogP) is 4.23. The predicted molar refractivity (Wildman–Crippen MR) is 126 cm³/mol. The Bertz CT molecular complexity index is 1090. The molecule has 4 rings (SSSR count). The number of fused-ring (bicyclic) bond motifs is 1. The highest BCUT2D eigenvalue weighted by Crippen LogP contribution is 2.25. The van der Waals surface area contributed by atoms with E-state index in [1.807, 2.05) is 40.4 Å². The van der Waals surface area contributed by atoms with E-state index >= 15 is 0 Å². The van der Waals surface area contributed by atoms with Gasteiger partial charge in [0.2, 0.25) is 0 Å². The molecule has 0 saturated carbocycles. The van der Waals surface area contributed by atoms with Crippen LogP contribution in [0.25, 0.3) is 16.7 Å². The summed E-state index contributed by atoms with van der Waals surface area (Å²) in [6.07, 6.45) is 6.99. The van der Waals surface area contributed by atoms with Crippen molar-refractivity contribution < 1.29 is 9.63 Å². The summed E-state index contributed by atoms with van der Waals surface area (Å²) in [6.45, 7) is 13.3. The standard InChI is InChI=1S/C23H33N5O2Si/c1-17-15-19-21(9-10-24-22(19)28(17)30-13-14-31(3,4)5)27-16-20(18(2)25-27)23(29)26-11-7-6-8-12-26/h9-10,15-16H,6-8,11-14H2,1-5H3. The molecule has 31 heavy (non-hydrogen) atoms. The van der Waals surface area contributed by atoms with E-state index in [9.17, 15) is 4.79 Å². The smallest absolute Gasteiger partial charge is 0.257 e. The van der Waals surface area contributed by atoms with Gasteiger partial charge >= 0.3 is 0 Å². The molecule has 1 fully saturated rings. The fourth-order valence-electron chi connectivity index (χ4n) is 4.05. The lowest BCUT2D eigenvalue weighted by Gasteiger charge is -2.26. The van der Waals surface area contributed by atoms with Gasteiger partial charge in [-0.2, -0.15) is 9.83 Å². The van der Waals surface area contributed by atoms with Gasteiger partial charge in [-0.15, -0.1) is 0 Å². The molecule has 3 aromatic heterocycles. The van der Waals surface area contributed by atoms with Crippen LogP contribution in [-0.2, 0) is 0 Å². The summed E-state index contributed by atoms with van der Waals surface area (Å²) in [7, 11) is -1.18. The summed E-state index contributed by atoms with van der Waals surface area (Å²) in [5.74, 6) is 0.0807. The average Bonchev–Trinajstić information content (AvgIpc) is 3.27. The molecule has 1 amide bonds. The van der Waals surface area contributed by atoms with E-state index in [0.717, 1.165) is 60.1 Å². The molecule has 1 aliphatic heterocycles. The molecule has 0 spiro atoms. The third kappa shape index (κ3) is 4.53. The molecule has 8 heteroatoms. The first-order chi connectivity index (χ1) is 14.7. The highest BCUT2D eigenvalue weighted by Gasteiger charge is 2.23. The molecule has 0 N–H and O–H groups in total. The van der Waals surface area contributed by atoms with Crippen molar-refractivity contribution in [3.8, 4) is 5.69 Å². The number of hydrogen-bond donors (Lipinski definition) is 0. The summed E-state index contributed by atoms with van der Waals surface area (Å²) in [6, 6.07) is 5.11. The number of hydrogen-bond acceptors (Lipinski definition) is 4. The van der Waals surface area contributed by atoms with E-state index in [2.05, 4.69) is 35.8 Å². The van der Waals surface area contributed by atoms with Crippen molar-refractivity contribution in [3.05, 3.63) is 41.5 Å². The SMILES string of the molecule is Cc1nn(-c2ccnc3c2cc(C)n3OCC[Si](C)(C)C)cc1C(=O)N1CCCCC1. The fraction of sp³-hybridized carbons (Fsp3) is 0.522. The lowest BCUT2D eigenvalue weighted by Crippen LogP contribution is -2.35. The van der Waals surface area contributed by atoms with Crippen molar-refractivity contribution in [1.29, 1.82) is 0 Å². The van der Waals surface area contributed by atoms with Gasteiger partial charge in [0.1, 0.15) is 6.61 Å². The molecule has 0 aromatic carbocycles. The van der Waals surface area contributed by atoms with Crippen molar-refractivity contribution in [3.63, 3.8) is 0 Å². The van der Waals surface area contributed by atoms with Crippen molar-refractivity contribution in [2.24, 2.45) is 0 Å². The molecular formula is C23H33N5O2Si. The first-order valence-corrected chi connectivity index (χ1v) is 14.9. The second kappa shape index (κ2) is 8.49. The van der Waals surface area contributed by atoms with Gasteiger partial charge in [-0.3, -0.25) is 4.79 Å². The lowest BCUT2D eigenvalue weighted by molar-refractivity contribution is 0.0723. The molecule has 0 radical (unpaired) electrons. The Kier molecular flexibility index (Phi) is 5.92. The Hall–Kier alpha value is -2.61. The van der Waals surface area contributed by atoms with Gasteiger partial charge in [0.25, 0.3) is 5.91 Å². The Labute approximate surface area is 185 Å². The maximum absolute atomic E-state index is 13.0. The summed E-state index contributed by atoms with van der Waals surface area (Å²) < 4.78 is 3.64. The van der Waals surface area contributed by atoms with E-state index in [-0.39, 0.29) is 5.91 Å². The number of rotatable bonds is 6. The molecule has 0 aliphatic carbocycles. The molecular weight excluding hydrogens is 406 g/mol. The van der Waals surface area contributed by atoms with E-state index in [0.29, 0.717) is 12.2 Å². The van der Waals surface area contributed by atoms with Crippen LogP contribution in [0.4, 0.5) is 0 Å². The molecule has 0 atom stereocenters. The number of likely N-dealkylation sites (tertiary alicyclic amines) is 1. The topological polar surface area (TPSA) is 65.2 Å². The Balaban J connectivity index is 1.64. The first-order valence-electron chi connectivity index (χ1n) is 11.2. The van der Waals surface area contributed by atoms with Crippen LogP contribution in [0.5, 0.6) is 0 Å². The van der Waals surface area contributed by atoms with E-state index in [1.54, 1.807) is 6.20 Å². The van der Waals surface area contributed by atoms with Gasteiger partial charge in [-0.1, -0.05) is 19.6 Å². The quantitative estimate of drug-likeness (QED) is 0.539. The zero-order valence-corrected chi connectivity index (χ0v) is 20.3. The fourth-order valence-corrected chi connectivity index (χ4v) is 4.76. The Morgan fingerprint density at radius 1 is 1.16 bits per heavy atom. The number of nitrogens with zero attached hydrogens (tertiary/aromatic N) is 5. The van der Waals surface area contributed by atoms with Gasteiger partial charge in [0.15, 0.2) is 5.65 Å². The summed E-state index contributed by atoms with van der Waals surface area (Å²) in [5, 5.41) is 5.64. The van der Waals surface area contributed by atoms with Crippen LogP contribution in [-0.4, -0.2) is 58.1 Å². The van der Waals surface area contributed by atoms with Crippen LogP contribution < -0.4 is 4.84 Å². The van der Waals surface area contributed by atoms with Crippen LogP contribution >= 0.6 is 0 Å². The van der Waals surface area contributed by atoms with Crippen LogP contribution in [0.3, 0.4) is 0 Å². The monoisotopic (exact) mass is 439 g/mol. The molecule has 3 aromatic rings. The van der Waals surface area contributed by atoms with Gasteiger partial charge in [0.05, 0.1) is 22.6 Å². The lowest BCUT2D eigenvalue weighted by atomic mass is 10.1.